The Morgan fingerprint density at radius 1 is 1.71 bits per heavy atom. The molecule has 0 spiro atoms. The van der Waals surface area contributed by atoms with Crippen molar-refractivity contribution in [2.75, 3.05) is 7.11 Å². The van der Waals surface area contributed by atoms with Crippen molar-refractivity contribution in [2.24, 2.45) is 5.73 Å². The van der Waals surface area contributed by atoms with Crippen molar-refractivity contribution >= 4 is 21.9 Å². The van der Waals surface area contributed by atoms with E-state index in [1.807, 2.05) is 0 Å². The highest BCUT2D eigenvalue weighted by Crippen LogP contribution is 2.35. The van der Waals surface area contributed by atoms with Gasteiger partial charge >= 0.3 is 5.97 Å². The highest BCUT2D eigenvalue weighted by Gasteiger charge is 2.21. The maximum absolute atomic E-state index is 14.0. The van der Waals surface area contributed by atoms with Gasteiger partial charge < -0.3 is 15.6 Å². The quantitative estimate of drug-likeness (QED) is 0.896. The lowest BCUT2D eigenvalue weighted by molar-refractivity contribution is -0.137. The third kappa shape index (κ3) is 2.95. The molecule has 0 bridgehead atoms. The monoisotopic (exact) mass is 305 g/mol. The number of methoxy groups -OCH3 is 1. The fourth-order valence-electron chi connectivity index (χ4n) is 1.51. The van der Waals surface area contributed by atoms with E-state index in [0.29, 0.717) is 4.47 Å². The molecule has 0 aliphatic rings. The summed E-state index contributed by atoms with van der Waals surface area (Å²) in [5.74, 6) is -1.66. The Kier molecular flexibility index (Phi) is 4.47. The van der Waals surface area contributed by atoms with Crippen LogP contribution >= 0.6 is 15.9 Å². The van der Waals surface area contributed by atoms with Crippen molar-refractivity contribution in [2.45, 2.75) is 19.4 Å². The van der Waals surface area contributed by atoms with Crippen molar-refractivity contribution in [3.05, 3.63) is 27.5 Å². The first-order chi connectivity index (χ1) is 7.88. The van der Waals surface area contributed by atoms with Gasteiger partial charge in [0, 0.05) is 11.6 Å². The smallest absolute Gasteiger partial charge is 0.305 e. The summed E-state index contributed by atoms with van der Waals surface area (Å²) in [5.41, 5.74) is 6.53. The number of carboxylic acid groups (broad SMARTS) is 1. The minimum atomic E-state index is -1.07. The van der Waals surface area contributed by atoms with E-state index < -0.39 is 17.8 Å². The average molecular weight is 306 g/mol. The lowest BCUT2D eigenvalue weighted by Crippen LogP contribution is -2.17. The van der Waals surface area contributed by atoms with E-state index in [1.165, 1.54) is 13.2 Å². The van der Waals surface area contributed by atoms with E-state index in [-0.39, 0.29) is 17.7 Å². The Bertz CT molecular complexity index is 451. The summed E-state index contributed by atoms with van der Waals surface area (Å²) in [6.45, 7) is 1.75. The van der Waals surface area contributed by atoms with Crippen LogP contribution in [0.25, 0.3) is 0 Å². The summed E-state index contributed by atoms with van der Waals surface area (Å²) in [5, 5.41) is 8.64. The molecule has 0 aromatic heterocycles. The highest BCUT2D eigenvalue weighted by molar-refractivity contribution is 9.10. The number of aliphatic carboxylic acids is 1. The molecule has 1 aromatic rings. The minimum absolute atomic E-state index is 0.0424. The van der Waals surface area contributed by atoms with E-state index in [9.17, 15) is 9.18 Å². The molecule has 1 rings (SSSR count). The molecule has 0 aliphatic carbocycles. The molecule has 0 saturated carbocycles. The summed E-state index contributed by atoms with van der Waals surface area (Å²) in [4.78, 5) is 10.6. The molecule has 0 aliphatic heterocycles. The average Bonchev–Trinajstić information content (AvgIpc) is 2.23. The van der Waals surface area contributed by atoms with Crippen LogP contribution in [-0.2, 0) is 4.79 Å². The summed E-state index contributed by atoms with van der Waals surface area (Å²) >= 11 is 3.20. The van der Waals surface area contributed by atoms with E-state index in [2.05, 4.69) is 15.9 Å². The third-order valence-corrected chi connectivity index (χ3v) is 3.35. The predicted molar refractivity (Wildman–Crippen MR) is 64.6 cm³/mol. The third-order valence-electron chi connectivity index (χ3n) is 2.37. The van der Waals surface area contributed by atoms with Gasteiger partial charge in [0.15, 0.2) is 11.6 Å². The lowest BCUT2D eigenvalue weighted by atomic mass is 10.0. The first kappa shape index (κ1) is 13.9. The number of rotatable bonds is 4. The maximum atomic E-state index is 14.0. The van der Waals surface area contributed by atoms with E-state index in [1.54, 1.807) is 6.92 Å². The van der Waals surface area contributed by atoms with Crippen LogP contribution in [0.1, 0.15) is 23.6 Å². The van der Waals surface area contributed by atoms with Crippen molar-refractivity contribution in [1.29, 1.82) is 0 Å². The fraction of sp³-hybridized carbons (Fsp3) is 0.364. The molecule has 0 radical (unpaired) electrons. The normalized spacial score (nSPS) is 12.3. The number of carbonyl (C=O) groups is 1. The molecule has 0 heterocycles. The molecule has 1 aromatic carbocycles. The Labute approximate surface area is 107 Å². The Morgan fingerprint density at radius 3 is 2.76 bits per heavy atom. The Balaban J connectivity index is 3.25. The minimum Gasteiger partial charge on any atom is -0.492 e. The number of halogens is 2. The van der Waals surface area contributed by atoms with Crippen LogP contribution in [0.4, 0.5) is 4.39 Å². The molecular formula is C11H13BrFNO3. The van der Waals surface area contributed by atoms with Crippen LogP contribution in [0.5, 0.6) is 5.75 Å². The van der Waals surface area contributed by atoms with Crippen LogP contribution in [0.3, 0.4) is 0 Å². The van der Waals surface area contributed by atoms with Crippen LogP contribution in [0, 0.1) is 12.7 Å². The zero-order chi connectivity index (χ0) is 13.2. The molecule has 1 unspecified atom stereocenters. The number of hydrogen-bond donors (Lipinski definition) is 2. The first-order valence-electron chi connectivity index (χ1n) is 4.88. The number of ether oxygens (including phenoxy) is 1. The lowest BCUT2D eigenvalue weighted by Gasteiger charge is -2.16. The first-order valence-corrected chi connectivity index (χ1v) is 5.67. The van der Waals surface area contributed by atoms with Crippen LogP contribution in [0.2, 0.25) is 0 Å². The maximum Gasteiger partial charge on any atom is 0.305 e. The van der Waals surface area contributed by atoms with Gasteiger partial charge in [-0.15, -0.1) is 0 Å². The molecule has 6 heteroatoms. The van der Waals surface area contributed by atoms with E-state index in [0.717, 1.165) is 5.56 Å². The number of benzene rings is 1. The van der Waals surface area contributed by atoms with Gasteiger partial charge in [0.1, 0.15) is 0 Å². The van der Waals surface area contributed by atoms with Crippen molar-refractivity contribution in [1.82, 2.24) is 0 Å². The molecule has 0 fully saturated rings. The Hall–Kier alpha value is -1.14. The second kappa shape index (κ2) is 5.46. The van der Waals surface area contributed by atoms with E-state index >= 15 is 0 Å². The molecular weight excluding hydrogens is 293 g/mol. The molecule has 1 atom stereocenters. The van der Waals surface area contributed by atoms with E-state index in [4.69, 9.17) is 15.6 Å². The van der Waals surface area contributed by atoms with Gasteiger partial charge in [-0.1, -0.05) is 6.07 Å². The topological polar surface area (TPSA) is 72.5 Å². The molecule has 94 valence electrons. The molecule has 0 saturated heterocycles. The van der Waals surface area contributed by atoms with Gasteiger partial charge in [-0.05, 0) is 28.4 Å². The van der Waals surface area contributed by atoms with Gasteiger partial charge in [0.05, 0.1) is 18.0 Å². The number of carboxylic acids is 1. The summed E-state index contributed by atoms with van der Waals surface area (Å²) in [6, 6.07) is 0.628. The number of hydrogen-bond acceptors (Lipinski definition) is 3. The molecule has 17 heavy (non-hydrogen) atoms. The SMILES string of the molecule is COc1c(F)c(C(N)CC(=O)O)cc(C)c1Br. The second-order valence-corrected chi connectivity index (χ2v) is 4.44. The van der Waals surface area contributed by atoms with Crippen LogP contribution in [-0.4, -0.2) is 18.2 Å². The fourth-order valence-corrected chi connectivity index (χ4v) is 1.96. The molecule has 3 N–H and O–H groups in total. The van der Waals surface area contributed by atoms with Crippen molar-refractivity contribution in [3.8, 4) is 5.75 Å². The zero-order valence-electron chi connectivity index (χ0n) is 9.46. The molecule has 4 nitrogen and oxygen atoms in total. The van der Waals surface area contributed by atoms with Gasteiger partial charge in [0.25, 0.3) is 0 Å². The standard InChI is InChI=1S/C11H13BrFNO3/c1-5-3-6(7(14)4-8(15)16)10(13)11(17-2)9(5)12/h3,7H,4,14H2,1-2H3,(H,15,16). The summed E-state index contributed by atoms with van der Waals surface area (Å²) < 4.78 is 19.4. The second-order valence-electron chi connectivity index (χ2n) is 3.65. The van der Waals surface area contributed by atoms with Gasteiger partial charge in [-0.3, -0.25) is 4.79 Å². The molecule has 0 amide bonds. The largest absolute Gasteiger partial charge is 0.492 e. The summed E-state index contributed by atoms with van der Waals surface area (Å²) in [6.07, 6.45) is -0.332. The Morgan fingerprint density at radius 2 is 2.29 bits per heavy atom. The number of aryl methyl sites for hydroxylation is 1. The number of nitrogens with two attached hydrogens (primary N) is 1. The van der Waals surface area contributed by atoms with Gasteiger partial charge in [-0.2, -0.15) is 0 Å². The van der Waals surface area contributed by atoms with Crippen LogP contribution in [0.15, 0.2) is 10.5 Å². The highest BCUT2D eigenvalue weighted by atomic mass is 79.9. The van der Waals surface area contributed by atoms with Crippen LogP contribution < -0.4 is 10.5 Å². The van der Waals surface area contributed by atoms with Gasteiger partial charge in [0.2, 0.25) is 0 Å². The van der Waals surface area contributed by atoms with Gasteiger partial charge in [-0.25, -0.2) is 4.39 Å². The van der Waals surface area contributed by atoms with Crippen molar-refractivity contribution < 1.29 is 19.0 Å². The summed E-state index contributed by atoms with van der Waals surface area (Å²) in [7, 11) is 1.34. The van der Waals surface area contributed by atoms with Crippen molar-refractivity contribution in [3.63, 3.8) is 0 Å². The zero-order valence-corrected chi connectivity index (χ0v) is 11.0. The predicted octanol–water partition coefficient (Wildman–Crippen LogP) is 2.38.